The smallest absolute Gasteiger partial charge is 0.326 e. The average molecular weight is 622 g/mol. The van der Waals surface area contributed by atoms with Gasteiger partial charge in [0.05, 0.1) is 25.4 Å². The van der Waals surface area contributed by atoms with Crippen LogP contribution in [0, 0.1) is 19.7 Å². The molecular weight excluding hydrogens is 602 g/mol. The Kier molecular flexibility index (Phi) is 8.70. The third kappa shape index (κ3) is 6.23. The Morgan fingerprint density at radius 2 is 1.48 bits per heavy atom. The number of anilines is 1. The van der Waals surface area contributed by atoms with Crippen molar-refractivity contribution in [2.45, 2.75) is 23.6 Å². The first-order valence-corrected chi connectivity index (χ1v) is 14.1. The van der Waals surface area contributed by atoms with E-state index in [4.69, 9.17) is 39.5 Å². The number of nitrogens with one attached hydrogen (secondary N) is 2. The summed E-state index contributed by atoms with van der Waals surface area (Å²) in [5, 5.41) is 5.01. The number of halogens is 4. The molecule has 0 aromatic heterocycles. The highest BCUT2D eigenvalue weighted by molar-refractivity contribution is 7.91. The molecule has 0 radical (unpaired) electrons. The van der Waals surface area contributed by atoms with Crippen molar-refractivity contribution in [2.75, 3.05) is 5.32 Å². The molecular formula is C28H20Cl3FN2O5S. The highest BCUT2D eigenvalue weighted by Crippen LogP contribution is 2.39. The molecule has 40 heavy (non-hydrogen) atoms. The summed E-state index contributed by atoms with van der Waals surface area (Å²) in [7, 11) is -3.76. The number of urea groups is 1. The molecule has 0 fully saturated rings. The number of sulfone groups is 1. The van der Waals surface area contributed by atoms with E-state index >= 15 is 0 Å². The third-order valence-corrected chi connectivity index (χ3v) is 8.60. The summed E-state index contributed by atoms with van der Waals surface area (Å²) in [6, 6.07) is 16.0. The van der Waals surface area contributed by atoms with Gasteiger partial charge in [-0.25, -0.2) is 17.6 Å². The Labute approximate surface area is 244 Å². The zero-order valence-electron chi connectivity index (χ0n) is 20.9. The van der Waals surface area contributed by atoms with E-state index in [0.29, 0.717) is 21.9 Å². The number of imide groups is 1. The van der Waals surface area contributed by atoms with E-state index in [0.717, 1.165) is 6.07 Å². The van der Waals surface area contributed by atoms with Gasteiger partial charge in [-0.05, 0) is 91.7 Å². The van der Waals surface area contributed by atoms with Gasteiger partial charge >= 0.3 is 6.03 Å². The van der Waals surface area contributed by atoms with E-state index in [-0.39, 0.29) is 31.3 Å². The van der Waals surface area contributed by atoms with Crippen LogP contribution >= 0.6 is 34.8 Å². The summed E-state index contributed by atoms with van der Waals surface area (Å²) in [6.07, 6.45) is 0. The quantitative estimate of drug-likeness (QED) is 0.227. The largest absolute Gasteiger partial charge is 0.456 e. The Balaban J connectivity index is 1.50. The molecule has 206 valence electrons. The summed E-state index contributed by atoms with van der Waals surface area (Å²) in [4.78, 5) is 25.0. The number of amides is 3. The van der Waals surface area contributed by atoms with Crippen molar-refractivity contribution >= 4 is 62.3 Å². The molecule has 0 spiro atoms. The predicted octanol–water partition coefficient (Wildman–Crippen LogP) is 7.99. The van der Waals surface area contributed by atoms with Gasteiger partial charge in [0.25, 0.3) is 5.91 Å². The molecule has 0 heterocycles. The lowest BCUT2D eigenvalue weighted by atomic mass is 10.1. The molecule has 2 N–H and O–H groups in total. The second-order valence-electron chi connectivity index (χ2n) is 8.54. The number of hydrogen-bond donors (Lipinski definition) is 2. The zero-order chi connectivity index (χ0) is 29.2. The van der Waals surface area contributed by atoms with Gasteiger partial charge in [0.2, 0.25) is 9.84 Å². The number of carbonyl (C=O) groups is 2. The molecule has 4 aromatic carbocycles. The van der Waals surface area contributed by atoms with Gasteiger partial charge in [0.1, 0.15) is 17.3 Å². The van der Waals surface area contributed by atoms with Crippen LogP contribution in [0.1, 0.15) is 21.5 Å². The Morgan fingerprint density at radius 3 is 2.08 bits per heavy atom. The van der Waals surface area contributed by atoms with Crippen LogP contribution in [-0.2, 0) is 9.84 Å². The van der Waals surface area contributed by atoms with Crippen molar-refractivity contribution in [1.29, 1.82) is 0 Å². The van der Waals surface area contributed by atoms with Gasteiger partial charge in [-0.2, -0.15) is 0 Å². The second kappa shape index (κ2) is 11.9. The fourth-order valence-electron chi connectivity index (χ4n) is 3.70. The summed E-state index contributed by atoms with van der Waals surface area (Å²) >= 11 is 18.3. The fourth-order valence-corrected chi connectivity index (χ4v) is 5.62. The Hall–Kier alpha value is -3.63. The summed E-state index contributed by atoms with van der Waals surface area (Å²) in [5.74, 6) is -1.27. The minimum absolute atomic E-state index is 0.0675. The Bertz CT molecular complexity index is 1710. The minimum Gasteiger partial charge on any atom is -0.456 e. The average Bonchev–Trinajstić information content (AvgIpc) is 2.90. The van der Waals surface area contributed by atoms with E-state index in [1.165, 1.54) is 60.7 Å². The monoisotopic (exact) mass is 620 g/mol. The highest BCUT2D eigenvalue weighted by Gasteiger charge is 2.21. The second-order valence-corrected chi connectivity index (χ2v) is 11.7. The first kappa shape index (κ1) is 29.4. The van der Waals surface area contributed by atoms with Gasteiger partial charge in [-0.1, -0.05) is 40.9 Å². The van der Waals surface area contributed by atoms with Gasteiger partial charge in [-0.3, -0.25) is 10.1 Å². The molecule has 0 atom stereocenters. The third-order valence-electron chi connectivity index (χ3n) is 5.79. The summed E-state index contributed by atoms with van der Waals surface area (Å²) in [5.41, 5.74) is 0.785. The number of aryl methyl sites for hydroxylation is 1. The van der Waals surface area contributed by atoms with Crippen LogP contribution in [0.5, 0.6) is 11.5 Å². The van der Waals surface area contributed by atoms with E-state index in [1.807, 2.05) is 5.32 Å². The predicted molar refractivity (Wildman–Crippen MR) is 152 cm³/mol. The molecule has 0 aliphatic rings. The van der Waals surface area contributed by atoms with Crippen molar-refractivity contribution in [3.8, 4) is 11.5 Å². The maximum atomic E-state index is 14.0. The number of rotatable bonds is 6. The first-order chi connectivity index (χ1) is 18.9. The maximum Gasteiger partial charge on any atom is 0.326 e. The van der Waals surface area contributed by atoms with Crippen LogP contribution in [0.2, 0.25) is 15.1 Å². The number of ether oxygens (including phenoxy) is 1. The minimum atomic E-state index is -3.76. The Morgan fingerprint density at radius 1 is 0.875 bits per heavy atom. The van der Waals surface area contributed by atoms with Crippen LogP contribution in [0.25, 0.3) is 0 Å². The van der Waals surface area contributed by atoms with Crippen LogP contribution < -0.4 is 15.4 Å². The number of hydrogen-bond acceptors (Lipinski definition) is 5. The molecule has 4 aromatic rings. The van der Waals surface area contributed by atoms with E-state index < -0.39 is 33.2 Å². The molecule has 3 amide bonds. The lowest BCUT2D eigenvalue weighted by Crippen LogP contribution is -2.35. The van der Waals surface area contributed by atoms with Crippen molar-refractivity contribution in [1.82, 2.24) is 5.32 Å². The highest BCUT2D eigenvalue weighted by atomic mass is 35.5. The fraction of sp³-hybridized carbons (Fsp3) is 0.0714. The molecule has 0 unspecified atom stereocenters. The van der Waals surface area contributed by atoms with Gasteiger partial charge in [0, 0.05) is 10.7 Å². The van der Waals surface area contributed by atoms with Crippen LogP contribution in [0.4, 0.5) is 14.9 Å². The molecule has 0 saturated carbocycles. The van der Waals surface area contributed by atoms with E-state index in [2.05, 4.69) is 5.32 Å². The van der Waals surface area contributed by atoms with Crippen LogP contribution in [0.15, 0.2) is 82.6 Å². The standard InChI is InChI=1S/C28H20Cl3FN2O5S/c1-15-14-23(33-28(36)34-27(35)24-21(30)4-3-5-22(24)32)16(2)25(31)26(15)39-18-8-12-20(13-9-18)40(37,38)19-10-6-17(29)7-11-19/h3-14H,1-2H3,(H2,33,34,35,36). The SMILES string of the molecule is Cc1cc(NC(=O)NC(=O)c2c(F)cccc2Cl)c(C)c(Cl)c1Oc1ccc(S(=O)(=O)c2ccc(Cl)cc2)cc1. The summed E-state index contributed by atoms with van der Waals surface area (Å²) < 4.78 is 45.7. The zero-order valence-corrected chi connectivity index (χ0v) is 24.0. The lowest BCUT2D eigenvalue weighted by molar-refractivity contribution is 0.0963. The topological polar surface area (TPSA) is 102 Å². The molecule has 12 heteroatoms. The van der Waals surface area contributed by atoms with Crippen molar-refractivity contribution < 1.29 is 27.1 Å². The van der Waals surface area contributed by atoms with Crippen LogP contribution in [-0.4, -0.2) is 20.4 Å². The molecule has 0 aliphatic carbocycles. The molecule has 7 nitrogen and oxygen atoms in total. The van der Waals surface area contributed by atoms with Crippen molar-refractivity contribution in [3.63, 3.8) is 0 Å². The summed E-state index contributed by atoms with van der Waals surface area (Å²) in [6.45, 7) is 3.31. The van der Waals surface area contributed by atoms with E-state index in [1.54, 1.807) is 19.9 Å². The first-order valence-electron chi connectivity index (χ1n) is 11.5. The number of benzene rings is 4. The van der Waals surface area contributed by atoms with Crippen molar-refractivity contribution in [3.05, 3.63) is 110 Å². The normalized spacial score (nSPS) is 11.2. The van der Waals surface area contributed by atoms with Gasteiger partial charge in [-0.15, -0.1) is 0 Å². The van der Waals surface area contributed by atoms with Gasteiger partial charge < -0.3 is 10.1 Å². The van der Waals surface area contributed by atoms with E-state index in [9.17, 15) is 22.4 Å². The van der Waals surface area contributed by atoms with Crippen LogP contribution in [0.3, 0.4) is 0 Å². The molecule has 0 saturated heterocycles. The number of carbonyl (C=O) groups excluding carboxylic acids is 2. The molecule has 4 rings (SSSR count). The van der Waals surface area contributed by atoms with Crippen molar-refractivity contribution in [2.24, 2.45) is 0 Å². The lowest BCUT2D eigenvalue weighted by Gasteiger charge is -2.17. The molecule has 0 bridgehead atoms. The van der Waals surface area contributed by atoms with Gasteiger partial charge in [0.15, 0.2) is 0 Å². The molecule has 0 aliphatic heterocycles. The maximum absolute atomic E-state index is 14.0.